The van der Waals surface area contributed by atoms with Crippen LogP contribution in [-0.2, 0) is 17.9 Å². The Balaban J connectivity index is 1.59. The van der Waals surface area contributed by atoms with Gasteiger partial charge < -0.3 is 15.2 Å². The van der Waals surface area contributed by atoms with Gasteiger partial charge >= 0.3 is 6.03 Å². The minimum absolute atomic E-state index is 0.0147. The maximum absolute atomic E-state index is 14.3. The molecule has 0 saturated heterocycles. The number of carbonyl (C=O) groups is 1. The van der Waals surface area contributed by atoms with Gasteiger partial charge in [0.25, 0.3) is 0 Å². The van der Waals surface area contributed by atoms with E-state index in [1.54, 1.807) is 36.7 Å². The van der Waals surface area contributed by atoms with Gasteiger partial charge in [-0.05, 0) is 51.8 Å². The first kappa shape index (κ1) is 20.1. The molecule has 3 aromatic rings. The lowest BCUT2D eigenvalue weighted by Crippen LogP contribution is -2.28. The Kier molecular flexibility index (Phi) is 6.85. The van der Waals surface area contributed by atoms with Gasteiger partial charge in [-0.1, -0.05) is 18.2 Å². The fourth-order valence-electron chi connectivity index (χ4n) is 2.29. The Morgan fingerprint density at radius 3 is 2.71 bits per heavy atom. The summed E-state index contributed by atoms with van der Waals surface area (Å²) in [6.45, 7) is 0.270. The molecule has 0 fully saturated rings. The van der Waals surface area contributed by atoms with Crippen LogP contribution in [0.4, 0.5) is 20.6 Å². The lowest BCUT2D eigenvalue weighted by molar-refractivity contribution is 0.251. The minimum Gasteiger partial charge on any atom is -0.588 e. The third-order valence-electron chi connectivity index (χ3n) is 3.64. The van der Waals surface area contributed by atoms with Crippen molar-refractivity contribution in [2.75, 3.05) is 10.0 Å². The Bertz CT molecular complexity index is 962. The van der Waals surface area contributed by atoms with E-state index in [2.05, 4.69) is 36.3 Å². The molecule has 0 bridgehead atoms. The van der Waals surface area contributed by atoms with Gasteiger partial charge in [0.1, 0.15) is 17.2 Å². The molecule has 0 radical (unpaired) electrons. The molecule has 0 saturated carbocycles. The Hall–Kier alpha value is -2.62. The molecule has 0 aliphatic rings. The number of rotatable bonds is 6. The van der Waals surface area contributed by atoms with E-state index in [-0.39, 0.29) is 12.2 Å². The smallest absolute Gasteiger partial charge is 0.319 e. The summed E-state index contributed by atoms with van der Waals surface area (Å²) < 4.78 is 30.1. The molecule has 1 aromatic heterocycles. The molecule has 1 unspecified atom stereocenters. The van der Waals surface area contributed by atoms with Crippen LogP contribution in [0.1, 0.15) is 5.56 Å². The molecule has 2 aromatic carbocycles. The number of amides is 2. The summed E-state index contributed by atoms with van der Waals surface area (Å²) >= 11 is 1.76. The first-order valence-electron chi connectivity index (χ1n) is 8.19. The topological polar surface area (TPSA) is 89.1 Å². The predicted molar refractivity (Wildman–Crippen MR) is 111 cm³/mol. The summed E-state index contributed by atoms with van der Waals surface area (Å²) in [5.74, 6) is -0.648. The largest absolute Gasteiger partial charge is 0.588 e. The molecule has 1 atom stereocenters. The van der Waals surface area contributed by atoms with E-state index in [0.29, 0.717) is 15.1 Å². The van der Waals surface area contributed by atoms with Crippen LogP contribution < -0.4 is 15.4 Å². The van der Waals surface area contributed by atoms with Crippen molar-refractivity contribution in [2.24, 2.45) is 0 Å². The van der Waals surface area contributed by atoms with Gasteiger partial charge in [0.2, 0.25) is 0 Å². The highest BCUT2D eigenvalue weighted by Crippen LogP contribution is 2.25. The SMILES string of the molecule is O=C(NCc1cccnc1)Nc1ccc(N[S+]([O-])c2ccccc2Br)cc1F. The Labute approximate surface area is 173 Å². The van der Waals surface area contributed by atoms with Crippen molar-refractivity contribution in [1.29, 1.82) is 0 Å². The number of aromatic nitrogens is 1. The summed E-state index contributed by atoms with van der Waals surface area (Å²) in [6, 6.07) is 14.2. The van der Waals surface area contributed by atoms with Crippen molar-refractivity contribution in [3.05, 3.63) is 82.8 Å². The van der Waals surface area contributed by atoms with Crippen molar-refractivity contribution in [3.8, 4) is 0 Å². The maximum Gasteiger partial charge on any atom is 0.319 e. The number of nitrogens with zero attached hydrogens (tertiary/aromatic N) is 1. The number of hydrogen-bond acceptors (Lipinski definition) is 4. The molecule has 3 rings (SSSR count). The normalized spacial score (nSPS) is 11.5. The monoisotopic (exact) mass is 462 g/mol. The number of anilines is 2. The molecule has 0 spiro atoms. The van der Waals surface area contributed by atoms with Gasteiger partial charge in [-0.15, -0.1) is 0 Å². The van der Waals surface area contributed by atoms with E-state index < -0.39 is 23.2 Å². The molecular formula is C19H16BrFN4O2S. The zero-order valence-electron chi connectivity index (χ0n) is 14.5. The summed E-state index contributed by atoms with van der Waals surface area (Å²) in [7, 11) is 0. The van der Waals surface area contributed by atoms with Crippen LogP contribution in [-0.4, -0.2) is 15.6 Å². The van der Waals surface area contributed by atoms with Gasteiger partial charge in [0, 0.05) is 25.0 Å². The van der Waals surface area contributed by atoms with E-state index in [1.165, 1.54) is 18.2 Å². The average molecular weight is 463 g/mol. The van der Waals surface area contributed by atoms with Gasteiger partial charge in [0.05, 0.1) is 15.8 Å². The maximum atomic E-state index is 14.3. The standard InChI is InChI=1S/C19H16BrFN4O2S/c20-15-5-1-2-6-18(15)28(27)25-14-7-8-17(16(21)10-14)24-19(26)23-12-13-4-3-9-22-11-13/h1-11,25H,12H2,(H2,23,24,26). The molecule has 144 valence electrons. The molecule has 0 aliphatic heterocycles. The zero-order chi connectivity index (χ0) is 19.9. The Morgan fingerprint density at radius 2 is 2.00 bits per heavy atom. The van der Waals surface area contributed by atoms with Crippen LogP contribution in [0.3, 0.4) is 0 Å². The zero-order valence-corrected chi connectivity index (χ0v) is 16.9. The number of halogens is 2. The van der Waals surface area contributed by atoms with Gasteiger partial charge in [-0.2, -0.15) is 0 Å². The lowest BCUT2D eigenvalue weighted by atomic mass is 10.2. The van der Waals surface area contributed by atoms with Crippen LogP contribution in [0.15, 0.2) is 76.4 Å². The van der Waals surface area contributed by atoms with E-state index in [4.69, 9.17) is 0 Å². The number of nitrogens with one attached hydrogen (secondary N) is 3. The molecule has 3 N–H and O–H groups in total. The molecular weight excluding hydrogens is 447 g/mol. The molecule has 2 amide bonds. The summed E-state index contributed by atoms with van der Waals surface area (Å²) in [5.41, 5.74) is 1.17. The van der Waals surface area contributed by atoms with Gasteiger partial charge in [0.15, 0.2) is 4.90 Å². The van der Waals surface area contributed by atoms with E-state index in [1.807, 2.05) is 12.1 Å². The predicted octanol–water partition coefficient (Wildman–Crippen LogP) is 4.44. The fourth-order valence-corrected chi connectivity index (χ4v) is 3.91. The number of benzene rings is 2. The molecule has 28 heavy (non-hydrogen) atoms. The number of urea groups is 1. The van der Waals surface area contributed by atoms with E-state index in [0.717, 1.165) is 5.56 Å². The van der Waals surface area contributed by atoms with E-state index >= 15 is 0 Å². The minimum atomic E-state index is -1.56. The number of hydrogen-bond donors (Lipinski definition) is 3. The first-order valence-corrected chi connectivity index (χ1v) is 10.1. The van der Waals surface area contributed by atoms with Crippen molar-refractivity contribution in [2.45, 2.75) is 11.4 Å². The second-order valence-electron chi connectivity index (χ2n) is 5.66. The quantitative estimate of drug-likeness (QED) is 0.472. The van der Waals surface area contributed by atoms with Gasteiger partial charge in [-0.25, -0.2) is 13.9 Å². The summed E-state index contributed by atoms with van der Waals surface area (Å²) in [4.78, 5) is 16.4. The van der Waals surface area contributed by atoms with Crippen LogP contribution in [0.25, 0.3) is 0 Å². The molecule has 9 heteroatoms. The second kappa shape index (κ2) is 9.54. The molecule has 1 heterocycles. The van der Waals surface area contributed by atoms with Crippen LogP contribution in [0.5, 0.6) is 0 Å². The lowest BCUT2D eigenvalue weighted by Gasteiger charge is -2.14. The number of pyridine rings is 1. The highest BCUT2D eigenvalue weighted by Gasteiger charge is 2.16. The number of carbonyl (C=O) groups excluding carboxylic acids is 1. The average Bonchev–Trinajstić information content (AvgIpc) is 2.69. The molecule has 6 nitrogen and oxygen atoms in total. The summed E-state index contributed by atoms with van der Waals surface area (Å²) in [5, 5.41) is 5.07. The first-order chi connectivity index (χ1) is 13.5. The summed E-state index contributed by atoms with van der Waals surface area (Å²) in [6.07, 6.45) is 3.27. The van der Waals surface area contributed by atoms with Crippen LogP contribution in [0, 0.1) is 5.82 Å². The van der Waals surface area contributed by atoms with E-state index in [9.17, 15) is 13.7 Å². The third kappa shape index (κ3) is 5.44. The van der Waals surface area contributed by atoms with Gasteiger partial charge in [-0.3, -0.25) is 4.98 Å². The second-order valence-corrected chi connectivity index (χ2v) is 7.70. The van der Waals surface area contributed by atoms with Crippen molar-refractivity contribution in [3.63, 3.8) is 0 Å². The van der Waals surface area contributed by atoms with Crippen molar-refractivity contribution < 1.29 is 13.7 Å². The Morgan fingerprint density at radius 1 is 1.18 bits per heavy atom. The fraction of sp³-hybridized carbons (Fsp3) is 0.0526. The molecule has 0 aliphatic carbocycles. The highest BCUT2D eigenvalue weighted by molar-refractivity contribution is 9.10. The van der Waals surface area contributed by atoms with Crippen molar-refractivity contribution >= 4 is 44.7 Å². The highest BCUT2D eigenvalue weighted by atomic mass is 79.9. The third-order valence-corrected chi connectivity index (χ3v) is 5.77. The van der Waals surface area contributed by atoms with Crippen molar-refractivity contribution in [1.82, 2.24) is 10.3 Å². The van der Waals surface area contributed by atoms with Crippen LogP contribution in [0.2, 0.25) is 0 Å². The van der Waals surface area contributed by atoms with Crippen LogP contribution >= 0.6 is 15.9 Å².